The van der Waals surface area contributed by atoms with Crippen LogP contribution in [0.2, 0.25) is 0 Å². The number of aromatic nitrogens is 7. The van der Waals surface area contributed by atoms with Crippen molar-refractivity contribution in [3.05, 3.63) is 59.1 Å². The van der Waals surface area contributed by atoms with Crippen molar-refractivity contribution in [1.82, 2.24) is 34.5 Å². The van der Waals surface area contributed by atoms with E-state index in [1.54, 1.807) is 32.6 Å². The summed E-state index contributed by atoms with van der Waals surface area (Å²) >= 11 is 0. The molecule has 3 aliphatic rings. The van der Waals surface area contributed by atoms with Crippen LogP contribution in [0.15, 0.2) is 30.7 Å². The van der Waals surface area contributed by atoms with Gasteiger partial charge >= 0.3 is 6.18 Å². The molecule has 0 spiro atoms. The second-order valence-electron chi connectivity index (χ2n) is 10.6. The maximum Gasteiger partial charge on any atom is 0.435 e. The Balaban J connectivity index is 1.27. The SMILES string of the molecule is COc1ncnc(C2CC2)c1-c1nn(C)c2c1C1CCC(C2)N1c1ccc(-n2nc(C(F)(F)F)cc2C)cn1. The molecular formula is C27H27F3N8O. The molecule has 12 heteroatoms. The zero-order chi connectivity index (χ0) is 27.1. The summed E-state index contributed by atoms with van der Waals surface area (Å²) in [4.78, 5) is 16.1. The lowest BCUT2D eigenvalue weighted by molar-refractivity contribution is -0.141. The summed E-state index contributed by atoms with van der Waals surface area (Å²) in [6.07, 6.45) is 3.62. The van der Waals surface area contributed by atoms with Crippen LogP contribution in [-0.4, -0.2) is 47.7 Å². The zero-order valence-corrected chi connectivity index (χ0v) is 21.8. The van der Waals surface area contributed by atoms with Crippen molar-refractivity contribution >= 4 is 5.82 Å². The van der Waals surface area contributed by atoms with Crippen LogP contribution in [0.5, 0.6) is 5.88 Å². The van der Waals surface area contributed by atoms with Crippen molar-refractivity contribution in [3.63, 3.8) is 0 Å². The Hall–Kier alpha value is -3.96. The fraction of sp³-hybridized carbons (Fsp3) is 0.444. The van der Waals surface area contributed by atoms with Crippen molar-refractivity contribution in [2.24, 2.45) is 7.05 Å². The first-order valence-corrected chi connectivity index (χ1v) is 13.1. The van der Waals surface area contributed by atoms with Crippen LogP contribution in [0.3, 0.4) is 0 Å². The molecule has 1 saturated heterocycles. The van der Waals surface area contributed by atoms with E-state index in [1.807, 2.05) is 17.8 Å². The molecule has 2 atom stereocenters. The van der Waals surface area contributed by atoms with Gasteiger partial charge in [-0.2, -0.15) is 23.4 Å². The number of aryl methyl sites for hydroxylation is 2. The highest BCUT2D eigenvalue weighted by Crippen LogP contribution is 2.52. The molecule has 1 aliphatic carbocycles. The van der Waals surface area contributed by atoms with E-state index in [1.165, 1.54) is 10.4 Å². The largest absolute Gasteiger partial charge is 0.480 e. The minimum atomic E-state index is -4.50. The van der Waals surface area contributed by atoms with Gasteiger partial charge in [0.15, 0.2) is 5.69 Å². The topological polar surface area (TPSA) is 86.8 Å². The van der Waals surface area contributed by atoms with Crippen molar-refractivity contribution in [1.29, 1.82) is 0 Å². The van der Waals surface area contributed by atoms with Crippen LogP contribution in [0, 0.1) is 6.92 Å². The molecule has 202 valence electrons. The summed E-state index contributed by atoms with van der Waals surface area (Å²) < 4.78 is 48.5. The summed E-state index contributed by atoms with van der Waals surface area (Å²) in [6, 6.07) is 5.01. The lowest BCUT2D eigenvalue weighted by atomic mass is 9.93. The lowest BCUT2D eigenvalue weighted by Gasteiger charge is -2.36. The number of rotatable bonds is 5. The maximum atomic E-state index is 13.2. The highest BCUT2D eigenvalue weighted by Gasteiger charge is 2.45. The molecule has 1 saturated carbocycles. The summed E-state index contributed by atoms with van der Waals surface area (Å²) in [5.74, 6) is 1.71. The van der Waals surface area contributed by atoms with Crippen LogP contribution in [0.1, 0.15) is 66.0 Å². The number of anilines is 1. The fourth-order valence-corrected chi connectivity index (χ4v) is 6.25. The van der Waals surface area contributed by atoms with Gasteiger partial charge in [-0.3, -0.25) is 4.68 Å². The number of halogens is 3. The first kappa shape index (κ1) is 24.1. The third-order valence-electron chi connectivity index (χ3n) is 8.13. The van der Waals surface area contributed by atoms with E-state index < -0.39 is 11.9 Å². The average Bonchev–Trinajstić information content (AvgIpc) is 3.52. The molecule has 2 fully saturated rings. The number of pyridine rings is 1. The molecule has 4 aromatic heterocycles. The second-order valence-corrected chi connectivity index (χ2v) is 10.6. The standard InChI is InChI=1S/C27H27F3N8O/c1-14-10-20(27(28,29)30)34-38(14)17-7-9-21(31-12-17)37-16-6-8-18(37)22-19(11-16)36(2)35-25(22)23-24(15-4-5-15)32-13-33-26(23)39-3/h7,9-10,12-13,15-16,18H,4-6,8,11H2,1-3H3. The zero-order valence-electron chi connectivity index (χ0n) is 21.8. The first-order chi connectivity index (χ1) is 18.7. The molecule has 2 bridgehead atoms. The third kappa shape index (κ3) is 3.79. The molecule has 39 heavy (non-hydrogen) atoms. The quantitative estimate of drug-likeness (QED) is 0.357. The smallest absolute Gasteiger partial charge is 0.435 e. The summed E-state index contributed by atoms with van der Waals surface area (Å²) in [7, 11) is 3.61. The second kappa shape index (κ2) is 8.52. The third-order valence-corrected chi connectivity index (χ3v) is 8.13. The minimum Gasteiger partial charge on any atom is -0.480 e. The number of methoxy groups -OCH3 is 1. The van der Waals surface area contributed by atoms with Crippen LogP contribution in [-0.2, 0) is 19.6 Å². The molecule has 6 heterocycles. The predicted molar refractivity (Wildman–Crippen MR) is 136 cm³/mol. The lowest BCUT2D eigenvalue weighted by Crippen LogP contribution is -2.38. The normalized spacial score (nSPS) is 20.4. The van der Waals surface area contributed by atoms with Gasteiger partial charge in [-0.1, -0.05) is 0 Å². The van der Waals surface area contributed by atoms with Gasteiger partial charge in [0.1, 0.15) is 17.8 Å². The van der Waals surface area contributed by atoms with Gasteiger partial charge in [-0.25, -0.2) is 19.6 Å². The Bertz CT molecular complexity index is 1570. The molecule has 2 aliphatic heterocycles. The van der Waals surface area contributed by atoms with E-state index in [0.717, 1.165) is 66.5 Å². The molecule has 0 aromatic carbocycles. The molecule has 7 rings (SSSR count). The number of fused-ring (bicyclic) bond motifs is 4. The van der Waals surface area contributed by atoms with Gasteiger partial charge in [-0.05, 0) is 50.8 Å². The summed E-state index contributed by atoms with van der Waals surface area (Å²) in [5, 5.41) is 8.74. The van der Waals surface area contributed by atoms with Gasteiger partial charge in [0.05, 0.1) is 36.3 Å². The summed E-state index contributed by atoms with van der Waals surface area (Å²) in [5.41, 5.74) is 5.05. The first-order valence-electron chi connectivity index (χ1n) is 13.1. The number of hydrogen-bond donors (Lipinski definition) is 0. The number of ether oxygens (including phenoxy) is 1. The van der Waals surface area contributed by atoms with E-state index in [2.05, 4.69) is 20.0 Å². The van der Waals surface area contributed by atoms with Crippen molar-refractivity contribution in [2.75, 3.05) is 12.0 Å². The predicted octanol–water partition coefficient (Wildman–Crippen LogP) is 4.94. The van der Waals surface area contributed by atoms with E-state index >= 15 is 0 Å². The molecule has 0 N–H and O–H groups in total. The summed E-state index contributed by atoms with van der Waals surface area (Å²) in [6.45, 7) is 1.60. The molecule has 0 radical (unpaired) electrons. The Morgan fingerprint density at radius 1 is 1.03 bits per heavy atom. The van der Waals surface area contributed by atoms with E-state index in [4.69, 9.17) is 14.8 Å². The van der Waals surface area contributed by atoms with Gasteiger partial charge in [0.25, 0.3) is 0 Å². The Morgan fingerprint density at radius 2 is 1.85 bits per heavy atom. The van der Waals surface area contributed by atoms with Crippen LogP contribution in [0.25, 0.3) is 16.9 Å². The Kier molecular flexibility index (Phi) is 5.27. The van der Waals surface area contributed by atoms with E-state index in [9.17, 15) is 13.2 Å². The Morgan fingerprint density at radius 3 is 2.51 bits per heavy atom. The van der Waals surface area contributed by atoms with Crippen LogP contribution in [0.4, 0.5) is 19.0 Å². The van der Waals surface area contributed by atoms with E-state index in [-0.39, 0.29) is 12.1 Å². The molecule has 2 unspecified atom stereocenters. The molecule has 0 amide bonds. The van der Waals surface area contributed by atoms with Crippen LogP contribution >= 0.6 is 0 Å². The molecule has 9 nitrogen and oxygen atoms in total. The van der Waals surface area contributed by atoms with E-state index in [0.29, 0.717) is 23.2 Å². The average molecular weight is 537 g/mol. The van der Waals surface area contributed by atoms with Crippen molar-refractivity contribution < 1.29 is 17.9 Å². The highest BCUT2D eigenvalue weighted by molar-refractivity contribution is 5.74. The molecular weight excluding hydrogens is 509 g/mol. The molecule has 4 aromatic rings. The van der Waals surface area contributed by atoms with Crippen molar-refractivity contribution in [3.8, 4) is 22.8 Å². The van der Waals surface area contributed by atoms with Gasteiger partial charge in [-0.15, -0.1) is 0 Å². The van der Waals surface area contributed by atoms with Gasteiger partial charge in [0, 0.05) is 42.4 Å². The Labute approximate surface area is 222 Å². The van der Waals surface area contributed by atoms with Gasteiger partial charge in [0.2, 0.25) is 5.88 Å². The maximum absolute atomic E-state index is 13.2. The van der Waals surface area contributed by atoms with Crippen LogP contribution < -0.4 is 9.64 Å². The fourth-order valence-electron chi connectivity index (χ4n) is 6.25. The minimum absolute atomic E-state index is 0.0565. The van der Waals surface area contributed by atoms with Gasteiger partial charge < -0.3 is 9.64 Å². The highest BCUT2D eigenvalue weighted by atomic mass is 19.4. The number of nitrogens with zero attached hydrogens (tertiary/aromatic N) is 8. The number of hydrogen-bond acceptors (Lipinski definition) is 7. The monoisotopic (exact) mass is 536 g/mol. The number of alkyl halides is 3. The van der Waals surface area contributed by atoms with Crippen molar-refractivity contribution in [2.45, 2.75) is 63.2 Å².